The highest BCUT2D eigenvalue weighted by Gasteiger charge is 2.26. The molecule has 0 bridgehead atoms. The van der Waals surface area contributed by atoms with Crippen molar-refractivity contribution in [2.75, 3.05) is 31.6 Å². The molecular formula is C23H29ClN6O. The predicted molar refractivity (Wildman–Crippen MR) is 124 cm³/mol. The molecule has 3 heterocycles. The lowest BCUT2D eigenvalue weighted by molar-refractivity contribution is -0.131. The van der Waals surface area contributed by atoms with Crippen LogP contribution in [0.4, 0.5) is 5.82 Å². The number of pyridine rings is 1. The maximum absolute atomic E-state index is 12.5. The summed E-state index contributed by atoms with van der Waals surface area (Å²) >= 11 is 6.28. The zero-order chi connectivity index (χ0) is 21.6. The van der Waals surface area contributed by atoms with E-state index < -0.39 is 0 Å². The summed E-state index contributed by atoms with van der Waals surface area (Å²) in [6, 6.07) is 12.3. The molecule has 7 nitrogen and oxygen atoms in total. The van der Waals surface area contributed by atoms with Gasteiger partial charge in [0, 0.05) is 58.4 Å². The summed E-state index contributed by atoms with van der Waals surface area (Å²) < 4.78 is 0. The van der Waals surface area contributed by atoms with Crippen molar-refractivity contribution in [3.8, 4) is 0 Å². The van der Waals surface area contributed by atoms with E-state index in [4.69, 9.17) is 11.6 Å². The Morgan fingerprint density at radius 1 is 1.23 bits per heavy atom. The number of halogens is 1. The predicted octanol–water partition coefficient (Wildman–Crippen LogP) is 2.80. The normalized spacial score (nSPS) is 18.3. The molecular weight excluding hydrogens is 412 g/mol. The molecule has 1 fully saturated rings. The minimum atomic E-state index is 0.208. The first-order chi connectivity index (χ1) is 15.1. The molecule has 2 aromatic rings. The second-order valence-electron chi connectivity index (χ2n) is 8.01. The van der Waals surface area contributed by atoms with Crippen LogP contribution >= 0.6 is 11.6 Å². The number of amides is 1. The number of guanidine groups is 1. The first kappa shape index (κ1) is 21.4. The number of anilines is 1. The highest BCUT2D eigenvalue weighted by Crippen LogP contribution is 2.26. The third kappa shape index (κ3) is 5.28. The third-order valence-corrected chi connectivity index (χ3v) is 6.14. The van der Waals surface area contributed by atoms with Crippen LogP contribution in [-0.4, -0.2) is 54.5 Å². The molecule has 1 saturated heterocycles. The molecule has 0 spiro atoms. The van der Waals surface area contributed by atoms with Crippen molar-refractivity contribution in [1.29, 1.82) is 0 Å². The summed E-state index contributed by atoms with van der Waals surface area (Å²) in [6.07, 6.45) is 4.06. The number of nitrogens with one attached hydrogen (secondary N) is 2. The molecule has 2 aliphatic heterocycles. The van der Waals surface area contributed by atoms with Crippen LogP contribution in [0.5, 0.6) is 0 Å². The maximum atomic E-state index is 12.5. The minimum absolute atomic E-state index is 0.208. The molecule has 0 saturated carbocycles. The van der Waals surface area contributed by atoms with Gasteiger partial charge in [0.15, 0.2) is 5.96 Å². The van der Waals surface area contributed by atoms with Crippen LogP contribution in [-0.2, 0) is 17.9 Å². The second kappa shape index (κ2) is 10.0. The van der Waals surface area contributed by atoms with Crippen molar-refractivity contribution in [2.45, 2.75) is 38.4 Å². The number of carbonyl (C=O) groups is 1. The van der Waals surface area contributed by atoms with E-state index in [1.165, 1.54) is 11.1 Å². The topological polar surface area (TPSA) is 72.9 Å². The quantitative estimate of drug-likeness (QED) is 0.410. The van der Waals surface area contributed by atoms with Crippen molar-refractivity contribution in [3.63, 3.8) is 0 Å². The number of fused-ring (bicyclic) bond motifs is 1. The second-order valence-corrected chi connectivity index (χ2v) is 8.41. The number of hydrogen-bond donors (Lipinski definition) is 2. The van der Waals surface area contributed by atoms with Gasteiger partial charge in [0.2, 0.25) is 5.91 Å². The van der Waals surface area contributed by atoms with E-state index in [1.807, 2.05) is 29.2 Å². The van der Waals surface area contributed by atoms with Gasteiger partial charge in [0.25, 0.3) is 0 Å². The zero-order valence-electron chi connectivity index (χ0n) is 17.9. The van der Waals surface area contributed by atoms with E-state index >= 15 is 0 Å². The molecule has 1 amide bonds. The summed E-state index contributed by atoms with van der Waals surface area (Å²) in [7, 11) is 1.77. The maximum Gasteiger partial charge on any atom is 0.223 e. The van der Waals surface area contributed by atoms with Gasteiger partial charge in [-0.1, -0.05) is 35.9 Å². The lowest BCUT2D eigenvalue weighted by Crippen LogP contribution is -2.45. The first-order valence-electron chi connectivity index (χ1n) is 10.8. The number of aliphatic imine (C=N–C) groups is 1. The molecule has 4 rings (SSSR count). The van der Waals surface area contributed by atoms with Gasteiger partial charge in [-0.05, 0) is 36.1 Å². The van der Waals surface area contributed by atoms with Gasteiger partial charge in [0.05, 0.1) is 5.02 Å². The van der Waals surface area contributed by atoms with Crippen molar-refractivity contribution in [3.05, 3.63) is 58.7 Å². The number of nitrogens with zero attached hydrogens (tertiary/aromatic N) is 4. The lowest BCUT2D eigenvalue weighted by Gasteiger charge is -2.20. The molecule has 2 N–H and O–H groups in total. The average molecular weight is 441 g/mol. The van der Waals surface area contributed by atoms with Crippen molar-refractivity contribution >= 4 is 29.3 Å². The van der Waals surface area contributed by atoms with Crippen LogP contribution < -0.4 is 15.5 Å². The number of rotatable bonds is 6. The van der Waals surface area contributed by atoms with Crippen molar-refractivity contribution in [2.24, 2.45) is 4.99 Å². The van der Waals surface area contributed by atoms with E-state index in [1.54, 1.807) is 13.2 Å². The number of aromatic nitrogens is 1. The third-order valence-electron chi connectivity index (χ3n) is 5.84. The highest BCUT2D eigenvalue weighted by atomic mass is 35.5. The minimum Gasteiger partial charge on any atom is -0.356 e. The van der Waals surface area contributed by atoms with Gasteiger partial charge >= 0.3 is 0 Å². The van der Waals surface area contributed by atoms with Crippen LogP contribution in [0.3, 0.4) is 0 Å². The molecule has 164 valence electrons. The average Bonchev–Trinajstić information content (AvgIpc) is 3.43. The molecule has 1 atom stereocenters. The van der Waals surface area contributed by atoms with Crippen LogP contribution in [0.25, 0.3) is 0 Å². The molecule has 2 aliphatic rings. The number of benzene rings is 1. The number of hydrogen-bond acceptors (Lipinski definition) is 4. The van der Waals surface area contributed by atoms with E-state index in [2.05, 4.69) is 37.6 Å². The van der Waals surface area contributed by atoms with E-state index in [-0.39, 0.29) is 11.9 Å². The summed E-state index contributed by atoms with van der Waals surface area (Å²) in [4.78, 5) is 25.4. The smallest absolute Gasteiger partial charge is 0.223 e. The Morgan fingerprint density at radius 2 is 2.00 bits per heavy atom. The van der Waals surface area contributed by atoms with Crippen molar-refractivity contribution < 1.29 is 4.79 Å². The standard InChI is InChI=1S/C23H29ClN6O/c1-25-23(28-19-10-13-29(16-19)22-20(24)8-4-11-26-22)27-12-5-9-21(31)30-14-17-6-2-3-7-18(17)15-30/h2-4,6-8,11,19H,5,9-10,12-16H2,1H3,(H2,25,27,28). The zero-order valence-corrected chi connectivity index (χ0v) is 18.6. The SMILES string of the molecule is CN=C(NCCCC(=O)N1Cc2ccccc2C1)NC1CCN(c2ncccc2Cl)C1. The summed E-state index contributed by atoms with van der Waals surface area (Å²) in [5, 5.41) is 7.48. The van der Waals surface area contributed by atoms with E-state index in [9.17, 15) is 4.79 Å². The van der Waals surface area contributed by atoms with Crippen molar-refractivity contribution in [1.82, 2.24) is 20.5 Å². The summed E-state index contributed by atoms with van der Waals surface area (Å²) in [5.74, 6) is 1.80. The Balaban J connectivity index is 1.17. The van der Waals surface area contributed by atoms with Gasteiger partial charge in [0.1, 0.15) is 5.82 Å². The van der Waals surface area contributed by atoms with Crippen LogP contribution in [0.2, 0.25) is 5.02 Å². The van der Waals surface area contributed by atoms with Gasteiger partial charge in [-0.25, -0.2) is 4.98 Å². The van der Waals surface area contributed by atoms with Crippen LogP contribution in [0.1, 0.15) is 30.4 Å². The number of carbonyl (C=O) groups excluding carboxylic acids is 1. The Labute approximate surface area is 188 Å². The monoisotopic (exact) mass is 440 g/mol. The fourth-order valence-corrected chi connectivity index (χ4v) is 4.42. The lowest BCUT2D eigenvalue weighted by atomic mass is 10.1. The molecule has 1 unspecified atom stereocenters. The fourth-order valence-electron chi connectivity index (χ4n) is 4.18. The molecule has 8 heteroatoms. The van der Waals surface area contributed by atoms with E-state index in [0.717, 1.165) is 50.8 Å². The fraction of sp³-hybridized carbons (Fsp3) is 0.435. The Kier molecular flexibility index (Phi) is 6.92. The molecule has 0 aliphatic carbocycles. The largest absolute Gasteiger partial charge is 0.356 e. The van der Waals surface area contributed by atoms with Gasteiger partial charge in [-0.15, -0.1) is 0 Å². The molecule has 1 aromatic carbocycles. The first-order valence-corrected chi connectivity index (χ1v) is 11.2. The van der Waals surface area contributed by atoms with Crippen LogP contribution in [0, 0.1) is 0 Å². The summed E-state index contributed by atoms with van der Waals surface area (Å²) in [6.45, 7) is 3.88. The Bertz CT molecular complexity index is 924. The van der Waals surface area contributed by atoms with Gasteiger partial charge in [-0.3, -0.25) is 9.79 Å². The Morgan fingerprint density at radius 3 is 2.71 bits per heavy atom. The van der Waals surface area contributed by atoms with E-state index in [0.29, 0.717) is 18.0 Å². The highest BCUT2D eigenvalue weighted by molar-refractivity contribution is 6.32. The molecule has 1 aromatic heterocycles. The Hall–Kier alpha value is -2.80. The van der Waals surface area contributed by atoms with Crippen LogP contribution in [0.15, 0.2) is 47.6 Å². The van der Waals surface area contributed by atoms with Gasteiger partial charge in [-0.2, -0.15) is 0 Å². The van der Waals surface area contributed by atoms with Gasteiger partial charge < -0.3 is 20.4 Å². The summed E-state index contributed by atoms with van der Waals surface area (Å²) in [5.41, 5.74) is 2.52. The molecule has 0 radical (unpaired) electrons. The molecule has 31 heavy (non-hydrogen) atoms.